The van der Waals surface area contributed by atoms with Gasteiger partial charge in [0.1, 0.15) is 19.3 Å². The van der Waals surface area contributed by atoms with Crippen LogP contribution in [0, 0.1) is 0 Å². The molecule has 0 radical (unpaired) electrons. The highest BCUT2D eigenvalue weighted by molar-refractivity contribution is 7.86. The van der Waals surface area contributed by atoms with E-state index in [4.69, 9.17) is 13.0 Å². The minimum Gasteiger partial charge on any atom is -0.741 e. The zero-order chi connectivity index (χ0) is 15.6. The fourth-order valence-corrected chi connectivity index (χ4v) is 3.58. The Morgan fingerprint density at radius 3 is 2.25 bits per heavy atom. The van der Waals surface area contributed by atoms with Crippen molar-refractivity contribution < 1.29 is 35.0 Å². The Morgan fingerprint density at radius 2 is 1.80 bits per heavy atom. The Labute approximate surface area is 120 Å². The molecule has 2 rings (SSSR count). The summed E-state index contributed by atoms with van der Waals surface area (Å²) < 4.78 is 72.3. The zero-order valence-corrected chi connectivity index (χ0v) is 12.4. The highest BCUT2D eigenvalue weighted by Gasteiger charge is 2.49. The van der Waals surface area contributed by atoms with E-state index < -0.39 is 15.6 Å². The monoisotopic (exact) mass is 339 g/mol. The highest BCUT2D eigenvalue weighted by atomic mass is 32.2. The minimum atomic E-state index is -6.09. The molecule has 3 atom stereocenters. The van der Waals surface area contributed by atoms with Crippen molar-refractivity contribution in [2.45, 2.75) is 36.1 Å². The van der Waals surface area contributed by atoms with Crippen LogP contribution in [0.4, 0.5) is 17.6 Å². The topological polar surface area (TPSA) is 57.2 Å². The quantitative estimate of drug-likeness (QED) is 0.274. The van der Waals surface area contributed by atoms with E-state index in [9.17, 15) is 17.6 Å². The third-order valence-electron chi connectivity index (χ3n) is 3.93. The number of hydrogen-bond donors (Lipinski definition) is 1. The number of nitrogens with zero attached hydrogens (tertiary/aromatic N) is 1. The van der Waals surface area contributed by atoms with E-state index in [1.165, 1.54) is 32.4 Å². The first-order valence-corrected chi connectivity index (χ1v) is 8.08. The van der Waals surface area contributed by atoms with Gasteiger partial charge in [-0.25, -0.2) is 12.8 Å². The molecule has 10 heteroatoms. The molecule has 0 aromatic rings. The van der Waals surface area contributed by atoms with Gasteiger partial charge in [0, 0.05) is 19.3 Å². The van der Waals surface area contributed by atoms with Gasteiger partial charge in [-0.1, -0.05) is 0 Å². The SMILES string of the molecule is FCC[N+]12CCCC1C(S)CC2.O=S(=O)([O-])C(F)(F)F. The third-order valence-corrected chi connectivity index (χ3v) is 5.10. The molecule has 2 aliphatic heterocycles. The van der Waals surface area contributed by atoms with Gasteiger partial charge in [-0.2, -0.15) is 25.8 Å². The predicted octanol–water partition coefficient (Wildman–Crippen LogP) is 1.69. The van der Waals surface area contributed by atoms with Gasteiger partial charge in [0.15, 0.2) is 10.1 Å². The van der Waals surface area contributed by atoms with Crippen LogP contribution in [-0.2, 0) is 10.1 Å². The second-order valence-corrected chi connectivity index (χ2v) is 7.08. The van der Waals surface area contributed by atoms with Gasteiger partial charge in [0.25, 0.3) is 0 Å². The summed E-state index contributed by atoms with van der Waals surface area (Å²) in [5.74, 6) is 0. The minimum absolute atomic E-state index is 0.156. The van der Waals surface area contributed by atoms with Crippen molar-refractivity contribution in [2.24, 2.45) is 0 Å². The fraction of sp³-hybridized carbons (Fsp3) is 1.00. The second-order valence-electron chi connectivity index (χ2n) is 5.04. The molecule has 2 aliphatic rings. The lowest BCUT2D eigenvalue weighted by atomic mass is 10.1. The molecule has 3 unspecified atom stereocenters. The first-order valence-electron chi connectivity index (χ1n) is 6.15. The molecule has 120 valence electrons. The first-order chi connectivity index (χ1) is 9.03. The Balaban J connectivity index is 0.000000221. The summed E-state index contributed by atoms with van der Waals surface area (Å²) in [7, 11) is -6.09. The summed E-state index contributed by atoms with van der Waals surface area (Å²) in [5.41, 5.74) is -5.65. The van der Waals surface area contributed by atoms with Gasteiger partial charge in [-0.15, -0.1) is 0 Å². The van der Waals surface area contributed by atoms with Crippen molar-refractivity contribution in [2.75, 3.05) is 26.3 Å². The maximum atomic E-state index is 12.4. The smallest absolute Gasteiger partial charge is 0.485 e. The Bertz CT molecular complexity index is 425. The average molecular weight is 339 g/mol. The van der Waals surface area contributed by atoms with Crippen LogP contribution in [-0.4, -0.2) is 60.6 Å². The number of alkyl halides is 4. The molecule has 0 aromatic carbocycles. The van der Waals surface area contributed by atoms with Gasteiger partial charge in [-0.05, 0) is 0 Å². The summed E-state index contributed by atoms with van der Waals surface area (Å²) >= 11 is 4.58. The number of hydrogen-bond acceptors (Lipinski definition) is 4. The number of halogens is 4. The van der Waals surface area contributed by atoms with E-state index in [1.807, 2.05) is 0 Å². The van der Waals surface area contributed by atoms with E-state index in [-0.39, 0.29) is 6.67 Å². The first kappa shape index (κ1) is 18.0. The van der Waals surface area contributed by atoms with Crippen molar-refractivity contribution in [1.82, 2.24) is 0 Å². The lowest BCUT2D eigenvalue weighted by Gasteiger charge is -2.34. The molecule has 2 saturated heterocycles. The van der Waals surface area contributed by atoms with Gasteiger partial charge < -0.3 is 9.04 Å². The van der Waals surface area contributed by atoms with Crippen LogP contribution >= 0.6 is 12.6 Å². The van der Waals surface area contributed by atoms with Crippen LogP contribution in [0.15, 0.2) is 0 Å². The zero-order valence-electron chi connectivity index (χ0n) is 10.6. The predicted molar refractivity (Wildman–Crippen MR) is 67.0 cm³/mol. The summed E-state index contributed by atoms with van der Waals surface area (Å²) in [6, 6.07) is 0.670. The van der Waals surface area contributed by atoms with Gasteiger partial charge in [0.2, 0.25) is 0 Å². The maximum absolute atomic E-state index is 12.4. The molecule has 20 heavy (non-hydrogen) atoms. The van der Waals surface area contributed by atoms with Gasteiger partial charge in [-0.3, -0.25) is 0 Å². The van der Waals surface area contributed by atoms with Gasteiger partial charge in [0.05, 0.1) is 18.3 Å². The molecular formula is C10H17F4NO3S2. The highest BCUT2D eigenvalue weighted by Crippen LogP contribution is 2.38. The lowest BCUT2D eigenvalue weighted by molar-refractivity contribution is -0.926. The standard InChI is InChI=1S/C9H16FNS.CHF3O3S/c10-4-7-11-5-1-2-8(11)9(12)3-6-11;2-1(3,4)8(5,6)7/h8-9H,1-7H2;(H,5,6,7). The van der Waals surface area contributed by atoms with E-state index in [2.05, 4.69) is 12.6 Å². The molecule has 0 N–H and O–H groups in total. The van der Waals surface area contributed by atoms with E-state index in [0.29, 0.717) is 11.3 Å². The molecular weight excluding hydrogens is 322 g/mol. The van der Waals surface area contributed by atoms with Crippen molar-refractivity contribution in [1.29, 1.82) is 0 Å². The molecule has 0 spiro atoms. The van der Waals surface area contributed by atoms with E-state index >= 15 is 0 Å². The Kier molecular flexibility index (Phi) is 5.73. The van der Waals surface area contributed by atoms with Crippen molar-refractivity contribution in [3.63, 3.8) is 0 Å². The van der Waals surface area contributed by atoms with E-state index in [0.717, 1.165) is 11.0 Å². The molecule has 2 heterocycles. The number of rotatable bonds is 2. The normalized spacial score (nSPS) is 33.5. The number of quaternary nitrogens is 1. The summed E-state index contributed by atoms with van der Waals surface area (Å²) in [4.78, 5) is 0. The third kappa shape index (κ3) is 3.99. The maximum Gasteiger partial charge on any atom is 0.485 e. The van der Waals surface area contributed by atoms with Crippen molar-refractivity contribution in [3.8, 4) is 0 Å². The number of thiol groups is 1. The average Bonchev–Trinajstić information content (AvgIpc) is 2.79. The molecule has 4 nitrogen and oxygen atoms in total. The molecule has 0 bridgehead atoms. The summed E-state index contributed by atoms with van der Waals surface area (Å²) in [5, 5.41) is 0.541. The second kappa shape index (κ2) is 6.37. The van der Waals surface area contributed by atoms with Crippen LogP contribution in [0.3, 0.4) is 0 Å². The van der Waals surface area contributed by atoms with E-state index in [1.54, 1.807) is 0 Å². The fourth-order valence-electron chi connectivity index (χ4n) is 3.03. The Morgan fingerprint density at radius 1 is 1.25 bits per heavy atom. The van der Waals surface area contributed by atoms with Gasteiger partial charge >= 0.3 is 5.51 Å². The summed E-state index contributed by atoms with van der Waals surface area (Å²) in [6.07, 6.45) is 3.74. The molecule has 0 saturated carbocycles. The van der Waals surface area contributed by atoms with Crippen LogP contribution in [0.5, 0.6) is 0 Å². The van der Waals surface area contributed by atoms with Crippen LogP contribution < -0.4 is 0 Å². The summed E-state index contributed by atoms with van der Waals surface area (Å²) in [6.45, 7) is 2.95. The molecule has 0 amide bonds. The Hall–Kier alpha value is -0.0600. The van der Waals surface area contributed by atoms with Crippen molar-refractivity contribution >= 4 is 22.7 Å². The lowest BCUT2D eigenvalue weighted by Crippen LogP contribution is -2.50. The molecule has 0 aliphatic carbocycles. The number of fused-ring (bicyclic) bond motifs is 1. The van der Waals surface area contributed by atoms with Crippen LogP contribution in [0.25, 0.3) is 0 Å². The van der Waals surface area contributed by atoms with Crippen LogP contribution in [0.1, 0.15) is 19.3 Å². The van der Waals surface area contributed by atoms with Crippen molar-refractivity contribution in [3.05, 3.63) is 0 Å². The largest absolute Gasteiger partial charge is 0.741 e. The molecule has 2 fully saturated rings. The molecule has 0 aromatic heterocycles. The van der Waals surface area contributed by atoms with Crippen LogP contribution in [0.2, 0.25) is 0 Å².